The number of nitrogens with zero attached hydrogens (tertiary/aromatic N) is 3. The molecule has 0 saturated heterocycles. The summed E-state index contributed by atoms with van der Waals surface area (Å²) in [6.45, 7) is 2.67. The van der Waals surface area contributed by atoms with E-state index in [-0.39, 0.29) is 36.0 Å². The molecule has 0 fully saturated rings. The molecule has 0 atom stereocenters. The summed E-state index contributed by atoms with van der Waals surface area (Å²) in [5, 5.41) is 5.72. The third kappa shape index (κ3) is 4.14. The highest BCUT2D eigenvalue weighted by molar-refractivity contribution is 6.04. The van der Waals surface area contributed by atoms with E-state index in [1.54, 1.807) is 30.3 Å². The smallest absolute Gasteiger partial charge is 0.255 e. The Bertz CT molecular complexity index is 1180. The second-order valence-electron chi connectivity index (χ2n) is 7.42. The van der Waals surface area contributed by atoms with Crippen LogP contribution in [-0.4, -0.2) is 40.3 Å². The van der Waals surface area contributed by atoms with Crippen molar-refractivity contribution in [1.29, 1.82) is 0 Å². The van der Waals surface area contributed by atoms with Crippen LogP contribution in [0.5, 0.6) is 0 Å². The molecule has 3 aromatic rings. The summed E-state index contributed by atoms with van der Waals surface area (Å²) in [4.78, 5) is 34.6. The van der Waals surface area contributed by atoms with Gasteiger partial charge in [-0.05, 0) is 36.8 Å². The van der Waals surface area contributed by atoms with Gasteiger partial charge in [0.15, 0.2) is 0 Å². The second-order valence-corrected chi connectivity index (χ2v) is 7.42. The number of benzene rings is 1. The molecule has 0 radical (unpaired) electrons. The zero-order valence-electron chi connectivity index (χ0n) is 17.6. The topological polar surface area (TPSA) is 87.2 Å². The second kappa shape index (κ2) is 8.70. The molecule has 2 amide bonds. The molecular formula is C23H21F2N5O2. The Balaban J connectivity index is 1.66. The molecule has 9 heteroatoms. The molecule has 0 bridgehead atoms. The lowest BCUT2D eigenvalue weighted by molar-refractivity contribution is -0.128. The van der Waals surface area contributed by atoms with E-state index in [2.05, 4.69) is 20.6 Å². The number of amides is 2. The Morgan fingerprint density at radius 1 is 1.19 bits per heavy atom. The molecule has 4 rings (SSSR count). The highest BCUT2D eigenvalue weighted by Crippen LogP contribution is 2.32. The normalized spacial score (nSPS) is 12.3. The molecule has 3 heterocycles. The number of likely N-dealkylation sites (N-methyl/N-ethyl adjacent to an activating group) is 1. The number of hydrogen-bond acceptors (Lipinski definition) is 5. The molecule has 1 aromatic carbocycles. The van der Waals surface area contributed by atoms with Crippen LogP contribution in [-0.2, 0) is 17.8 Å². The van der Waals surface area contributed by atoms with Crippen molar-refractivity contribution in [2.75, 3.05) is 18.9 Å². The molecule has 2 aromatic heterocycles. The number of nitrogens with one attached hydrogen (secondary N) is 2. The Kier molecular flexibility index (Phi) is 5.81. The van der Waals surface area contributed by atoms with Crippen molar-refractivity contribution in [3.63, 3.8) is 0 Å². The summed E-state index contributed by atoms with van der Waals surface area (Å²) >= 11 is 0. The van der Waals surface area contributed by atoms with Gasteiger partial charge in [0, 0.05) is 19.8 Å². The van der Waals surface area contributed by atoms with Crippen LogP contribution < -0.4 is 10.6 Å². The summed E-state index contributed by atoms with van der Waals surface area (Å²) < 4.78 is 28.7. The summed E-state index contributed by atoms with van der Waals surface area (Å²) in [5.74, 6) is -1.43. The lowest BCUT2D eigenvalue weighted by Crippen LogP contribution is -2.27. The third-order valence-corrected chi connectivity index (χ3v) is 5.30. The van der Waals surface area contributed by atoms with E-state index in [9.17, 15) is 18.4 Å². The maximum absolute atomic E-state index is 14.3. The van der Waals surface area contributed by atoms with E-state index >= 15 is 0 Å². The molecule has 164 valence electrons. The first-order valence-electron chi connectivity index (χ1n) is 10.1. The first-order chi connectivity index (χ1) is 15.4. The number of aromatic nitrogens is 2. The van der Waals surface area contributed by atoms with Gasteiger partial charge in [0.05, 0.1) is 41.2 Å². The number of rotatable bonds is 6. The number of hydrogen-bond donors (Lipinski definition) is 2. The van der Waals surface area contributed by atoms with Gasteiger partial charge in [-0.1, -0.05) is 12.1 Å². The van der Waals surface area contributed by atoms with Crippen LogP contribution in [0.25, 0.3) is 11.3 Å². The van der Waals surface area contributed by atoms with Gasteiger partial charge >= 0.3 is 0 Å². The predicted octanol–water partition coefficient (Wildman–Crippen LogP) is 3.43. The van der Waals surface area contributed by atoms with E-state index in [0.29, 0.717) is 29.3 Å². The van der Waals surface area contributed by atoms with Gasteiger partial charge in [0.25, 0.3) is 5.91 Å². The predicted molar refractivity (Wildman–Crippen MR) is 115 cm³/mol. The Morgan fingerprint density at radius 3 is 2.59 bits per heavy atom. The fraction of sp³-hybridized carbons (Fsp3) is 0.217. The molecule has 0 spiro atoms. The van der Waals surface area contributed by atoms with Crippen molar-refractivity contribution in [1.82, 2.24) is 20.2 Å². The summed E-state index contributed by atoms with van der Waals surface area (Å²) in [7, 11) is 1.73. The highest BCUT2D eigenvalue weighted by Gasteiger charge is 2.27. The minimum Gasteiger partial charge on any atom is -0.346 e. The molecule has 1 aliphatic heterocycles. The van der Waals surface area contributed by atoms with Crippen LogP contribution in [0.4, 0.5) is 20.3 Å². The molecule has 2 N–H and O–H groups in total. The largest absolute Gasteiger partial charge is 0.346 e. The number of carbonyl (C=O) groups excluding carboxylic acids is 2. The van der Waals surface area contributed by atoms with Crippen LogP contribution in [0.1, 0.15) is 28.5 Å². The van der Waals surface area contributed by atoms with Crippen molar-refractivity contribution in [2.24, 2.45) is 0 Å². The van der Waals surface area contributed by atoms with Gasteiger partial charge in [-0.15, -0.1) is 0 Å². The van der Waals surface area contributed by atoms with Crippen LogP contribution in [0.3, 0.4) is 0 Å². The van der Waals surface area contributed by atoms with Crippen molar-refractivity contribution in [2.45, 2.75) is 19.9 Å². The molecule has 7 nitrogen and oxygen atoms in total. The zero-order valence-corrected chi connectivity index (χ0v) is 17.6. The van der Waals surface area contributed by atoms with Crippen LogP contribution in [0.15, 0.2) is 42.6 Å². The summed E-state index contributed by atoms with van der Waals surface area (Å²) in [6, 6.07) is 8.46. The van der Waals surface area contributed by atoms with Gasteiger partial charge in [-0.2, -0.15) is 0 Å². The molecule has 32 heavy (non-hydrogen) atoms. The third-order valence-electron chi connectivity index (χ3n) is 5.30. The molecule has 0 aliphatic carbocycles. The van der Waals surface area contributed by atoms with Gasteiger partial charge in [-0.25, -0.2) is 18.7 Å². The van der Waals surface area contributed by atoms with Crippen molar-refractivity contribution in [3.05, 3.63) is 71.1 Å². The monoisotopic (exact) mass is 437 g/mol. The first-order valence-corrected chi connectivity index (χ1v) is 10.1. The maximum atomic E-state index is 14.3. The van der Waals surface area contributed by atoms with Gasteiger partial charge in [0.1, 0.15) is 17.5 Å². The van der Waals surface area contributed by atoms with E-state index in [1.165, 1.54) is 12.1 Å². The van der Waals surface area contributed by atoms with Crippen molar-refractivity contribution in [3.8, 4) is 11.3 Å². The molecule has 0 unspecified atom stereocenters. The summed E-state index contributed by atoms with van der Waals surface area (Å²) in [6.07, 6.45) is 1.80. The van der Waals surface area contributed by atoms with Gasteiger partial charge in [0.2, 0.25) is 5.91 Å². The Morgan fingerprint density at radius 2 is 1.94 bits per heavy atom. The van der Waals surface area contributed by atoms with Crippen LogP contribution in [0, 0.1) is 11.6 Å². The van der Waals surface area contributed by atoms with Crippen LogP contribution >= 0.6 is 0 Å². The fourth-order valence-electron chi connectivity index (χ4n) is 3.43. The number of anilines is 2. The van der Waals surface area contributed by atoms with Crippen molar-refractivity contribution < 1.29 is 18.4 Å². The average Bonchev–Trinajstić information content (AvgIpc) is 3.15. The quantitative estimate of drug-likeness (QED) is 0.617. The number of halogens is 2. The average molecular weight is 437 g/mol. The van der Waals surface area contributed by atoms with Gasteiger partial charge in [-0.3, -0.25) is 9.59 Å². The van der Waals surface area contributed by atoms with Crippen LogP contribution in [0.2, 0.25) is 0 Å². The number of pyridine rings is 2. The SMILES string of the molecule is CCN(C)C(=O)Cc1ccc(Nc2cc(-c3c(F)cccc3F)nc3c2C(=O)NC3)nc1. The molecule has 1 aliphatic rings. The zero-order chi connectivity index (χ0) is 22.8. The van der Waals surface area contributed by atoms with Crippen molar-refractivity contribution >= 4 is 23.3 Å². The lowest BCUT2D eigenvalue weighted by atomic mass is 10.1. The fourth-order valence-corrected chi connectivity index (χ4v) is 3.43. The van der Waals surface area contributed by atoms with E-state index < -0.39 is 11.6 Å². The minimum absolute atomic E-state index is 0.0183. The van der Waals surface area contributed by atoms with E-state index in [1.807, 2.05) is 6.92 Å². The lowest BCUT2D eigenvalue weighted by Gasteiger charge is -2.15. The standard InChI is InChI=1S/C23H21F2N5O2/c1-3-30(2)20(31)9-13-7-8-19(26-11-13)29-17-10-16(21-14(24)5-4-6-15(21)25)28-18-12-27-23(32)22(17)18/h4-8,10-11H,3,9,12H2,1-2H3,(H,27,32)(H,26,28,29). The Hall–Kier alpha value is -3.88. The first kappa shape index (κ1) is 21.4. The molecular weight excluding hydrogens is 416 g/mol. The highest BCUT2D eigenvalue weighted by atomic mass is 19.1. The maximum Gasteiger partial charge on any atom is 0.255 e. The van der Waals surface area contributed by atoms with Gasteiger partial charge < -0.3 is 15.5 Å². The number of fused-ring (bicyclic) bond motifs is 1. The van der Waals surface area contributed by atoms with E-state index in [4.69, 9.17) is 0 Å². The Labute approximate surface area is 183 Å². The minimum atomic E-state index is -0.745. The summed E-state index contributed by atoms with van der Waals surface area (Å²) in [5.41, 5.74) is 1.58. The van der Waals surface area contributed by atoms with E-state index in [0.717, 1.165) is 17.7 Å². The number of carbonyl (C=O) groups is 2. The molecule has 0 saturated carbocycles.